The van der Waals surface area contributed by atoms with Gasteiger partial charge in [0.2, 0.25) is 6.10 Å². The maximum absolute atomic E-state index is 12.9. The second kappa shape index (κ2) is 7.65. The van der Waals surface area contributed by atoms with Crippen LogP contribution >= 0.6 is 0 Å². The zero-order valence-electron chi connectivity index (χ0n) is 16.2. The van der Waals surface area contributed by atoms with Crippen molar-refractivity contribution in [3.05, 3.63) is 64.7 Å². The van der Waals surface area contributed by atoms with Gasteiger partial charge in [0.1, 0.15) is 11.8 Å². The summed E-state index contributed by atoms with van der Waals surface area (Å²) in [6.07, 6.45) is 1.55. The number of hydrogen-bond donors (Lipinski definition) is 0. The van der Waals surface area contributed by atoms with Crippen molar-refractivity contribution in [2.75, 3.05) is 13.2 Å². The lowest BCUT2D eigenvalue weighted by Gasteiger charge is -2.47. The largest absolute Gasteiger partial charge is 0.478 e. The van der Waals surface area contributed by atoms with Gasteiger partial charge in [0.15, 0.2) is 0 Å². The van der Waals surface area contributed by atoms with E-state index in [0.29, 0.717) is 12.1 Å². The Morgan fingerprint density at radius 1 is 1.21 bits per heavy atom. The summed E-state index contributed by atoms with van der Waals surface area (Å²) in [6, 6.07) is 15.3. The molecule has 2 aliphatic heterocycles. The highest BCUT2D eigenvalue weighted by molar-refractivity contribution is 5.89. The van der Waals surface area contributed by atoms with Crippen molar-refractivity contribution < 1.29 is 14.3 Å². The molecule has 0 spiro atoms. The van der Waals surface area contributed by atoms with E-state index in [4.69, 9.17) is 14.7 Å². The van der Waals surface area contributed by atoms with Crippen LogP contribution in [0.15, 0.2) is 42.5 Å². The van der Waals surface area contributed by atoms with Gasteiger partial charge < -0.3 is 14.4 Å². The Hall–Kier alpha value is -2.84. The van der Waals surface area contributed by atoms with E-state index in [-0.39, 0.29) is 18.1 Å². The summed E-state index contributed by atoms with van der Waals surface area (Å²) in [7, 11) is 0. The minimum absolute atomic E-state index is 0.00941. The molecule has 0 unspecified atom stereocenters. The molecular weight excluding hydrogens is 352 g/mol. The van der Waals surface area contributed by atoms with Crippen molar-refractivity contribution in [1.29, 1.82) is 5.26 Å². The SMILES string of the molecule is Cc1ccc(O[C@@H]2C(=O)N(C[C@H]3CCCO3)[C@H]2c2ccc(C#N)cc2)c(C)c1. The number of rotatable bonds is 5. The molecule has 0 bridgehead atoms. The first kappa shape index (κ1) is 18.5. The number of nitrogens with zero attached hydrogens (tertiary/aromatic N) is 2. The Kier molecular flexibility index (Phi) is 5.06. The predicted molar refractivity (Wildman–Crippen MR) is 105 cm³/mol. The fourth-order valence-corrected chi connectivity index (χ4v) is 4.02. The van der Waals surface area contributed by atoms with Gasteiger partial charge in [-0.25, -0.2) is 0 Å². The second-order valence-corrected chi connectivity index (χ2v) is 7.61. The summed E-state index contributed by atoms with van der Waals surface area (Å²) < 4.78 is 11.9. The Labute approximate surface area is 165 Å². The van der Waals surface area contributed by atoms with Crippen LogP contribution in [0.3, 0.4) is 0 Å². The van der Waals surface area contributed by atoms with E-state index in [0.717, 1.165) is 41.9 Å². The number of carbonyl (C=O) groups is 1. The van der Waals surface area contributed by atoms with Crippen molar-refractivity contribution in [2.45, 2.75) is 44.9 Å². The number of amides is 1. The fraction of sp³-hybridized carbons (Fsp3) is 0.391. The van der Waals surface area contributed by atoms with Crippen LogP contribution in [0.2, 0.25) is 0 Å². The molecule has 2 aliphatic rings. The van der Waals surface area contributed by atoms with E-state index >= 15 is 0 Å². The number of β-lactam (4-membered cyclic amide) rings is 1. The highest BCUT2D eigenvalue weighted by Crippen LogP contribution is 2.39. The van der Waals surface area contributed by atoms with E-state index in [1.165, 1.54) is 0 Å². The molecule has 3 atom stereocenters. The van der Waals surface area contributed by atoms with Gasteiger partial charge in [-0.15, -0.1) is 0 Å². The van der Waals surface area contributed by atoms with Gasteiger partial charge in [-0.3, -0.25) is 4.79 Å². The lowest BCUT2D eigenvalue weighted by molar-refractivity contribution is -0.167. The molecule has 2 aromatic carbocycles. The molecule has 0 aliphatic carbocycles. The van der Waals surface area contributed by atoms with Crippen LogP contribution in [0.5, 0.6) is 5.75 Å². The Morgan fingerprint density at radius 3 is 2.64 bits per heavy atom. The lowest BCUT2D eigenvalue weighted by atomic mass is 9.89. The molecule has 2 aromatic rings. The molecule has 2 heterocycles. The van der Waals surface area contributed by atoms with Crippen molar-refractivity contribution in [1.82, 2.24) is 4.90 Å². The third-order valence-corrected chi connectivity index (χ3v) is 5.54. The van der Waals surface area contributed by atoms with Crippen LogP contribution in [0.25, 0.3) is 0 Å². The van der Waals surface area contributed by atoms with E-state index in [2.05, 4.69) is 12.1 Å². The van der Waals surface area contributed by atoms with Crippen molar-refractivity contribution in [3.8, 4) is 11.8 Å². The molecule has 4 rings (SSSR count). The average molecular weight is 376 g/mol. The van der Waals surface area contributed by atoms with Crippen molar-refractivity contribution in [2.24, 2.45) is 0 Å². The second-order valence-electron chi connectivity index (χ2n) is 7.61. The normalized spacial score (nSPS) is 24.0. The van der Waals surface area contributed by atoms with E-state index in [9.17, 15) is 4.79 Å². The molecule has 0 N–H and O–H groups in total. The number of benzene rings is 2. The minimum atomic E-state index is -0.559. The molecule has 5 nitrogen and oxygen atoms in total. The molecule has 1 amide bonds. The number of hydrogen-bond acceptors (Lipinski definition) is 4. The topological polar surface area (TPSA) is 62.6 Å². The van der Waals surface area contributed by atoms with Gasteiger partial charge in [0.05, 0.1) is 17.7 Å². The molecule has 0 aromatic heterocycles. The van der Waals surface area contributed by atoms with Crippen LogP contribution < -0.4 is 4.74 Å². The molecule has 2 saturated heterocycles. The number of likely N-dealkylation sites (tertiary alicyclic amines) is 1. The van der Waals surface area contributed by atoms with Crippen molar-refractivity contribution >= 4 is 5.91 Å². The first-order valence-electron chi connectivity index (χ1n) is 9.73. The fourth-order valence-electron chi connectivity index (χ4n) is 4.02. The molecule has 0 saturated carbocycles. The molecular formula is C23H24N2O3. The van der Waals surface area contributed by atoms with Crippen LogP contribution in [-0.2, 0) is 9.53 Å². The zero-order chi connectivity index (χ0) is 19.7. The quantitative estimate of drug-likeness (QED) is 0.747. The average Bonchev–Trinajstić information content (AvgIpc) is 3.21. The van der Waals surface area contributed by atoms with Crippen LogP contribution in [-0.4, -0.2) is 36.2 Å². The Balaban J connectivity index is 1.59. The highest BCUT2D eigenvalue weighted by Gasteiger charge is 2.51. The van der Waals surface area contributed by atoms with Crippen LogP contribution in [0.1, 0.15) is 41.1 Å². The van der Waals surface area contributed by atoms with E-state index < -0.39 is 6.10 Å². The summed E-state index contributed by atoms with van der Waals surface area (Å²) in [5, 5.41) is 9.07. The first-order valence-corrected chi connectivity index (χ1v) is 9.73. The maximum atomic E-state index is 12.9. The Bertz CT molecular complexity index is 910. The predicted octanol–water partition coefficient (Wildman–Crippen LogP) is 3.69. The van der Waals surface area contributed by atoms with E-state index in [1.807, 2.05) is 43.0 Å². The highest BCUT2D eigenvalue weighted by atomic mass is 16.5. The van der Waals surface area contributed by atoms with Gasteiger partial charge in [-0.05, 0) is 56.0 Å². The number of aryl methyl sites for hydroxylation is 2. The zero-order valence-corrected chi connectivity index (χ0v) is 16.2. The van der Waals surface area contributed by atoms with Crippen LogP contribution in [0.4, 0.5) is 0 Å². The molecule has 0 radical (unpaired) electrons. The smallest absolute Gasteiger partial charge is 0.266 e. The molecule has 2 fully saturated rings. The first-order chi connectivity index (χ1) is 13.6. The summed E-state index contributed by atoms with van der Waals surface area (Å²) in [5.74, 6) is 0.726. The monoisotopic (exact) mass is 376 g/mol. The molecule has 28 heavy (non-hydrogen) atoms. The summed E-state index contributed by atoms with van der Waals surface area (Å²) in [4.78, 5) is 14.8. The Morgan fingerprint density at radius 2 is 2.00 bits per heavy atom. The van der Waals surface area contributed by atoms with Crippen LogP contribution in [0, 0.1) is 25.2 Å². The van der Waals surface area contributed by atoms with Crippen molar-refractivity contribution in [3.63, 3.8) is 0 Å². The molecule has 5 heteroatoms. The van der Waals surface area contributed by atoms with Gasteiger partial charge in [-0.2, -0.15) is 5.26 Å². The maximum Gasteiger partial charge on any atom is 0.266 e. The summed E-state index contributed by atoms with van der Waals surface area (Å²) in [6.45, 7) is 5.37. The summed E-state index contributed by atoms with van der Waals surface area (Å²) in [5.41, 5.74) is 3.76. The van der Waals surface area contributed by atoms with Gasteiger partial charge >= 0.3 is 0 Å². The van der Waals surface area contributed by atoms with Gasteiger partial charge in [0.25, 0.3) is 5.91 Å². The van der Waals surface area contributed by atoms with E-state index in [1.54, 1.807) is 12.1 Å². The molecule has 144 valence electrons. The standard InChI is InChI=1S/C23H24N2O3/c1-15-5-10-20(16(2)12-15)28-22-21(18-8-6-17(13-24)7-9-18)25(23(22)26)14-19-4-3-11-27-19/h5-10,12,19,21-22H,3-4,11,14H2,1-2H3/t19-,21+,22+/m1/s1. The lowest BCUT2D eigenvalue weighted by Crippen LogP contribution is -2.62. The summed E-state index contributed by atoms with van der Waals surface area (Å²) >= 11 is 0. The van der Waals surface area contributed by atoms with Gasteiger partial charge in [-0.1, -0.05) is 29.8 Å². The third kappa shape index (κ3) is 3.48. The number of carbonyl (C=O) groups excluding carboxylic acids is 1. The number of ether oxygens (including phenoxy) is 2. The van der Waals surface area contributed by atoms with Gasteiger partial charge in [0, 0.05) is 13.2 Å². The number of nitriles is 1. The third-order valence-electron chi connectivity index (χ3n) is 5.54. The minimum Gasteiger partial charge on any atom is -0.478 e.